The minimum Gasteiger partial charge on any atom is -0.484 e. The second-order valence-corrected chi connectivity index (χ2v) is 8.81. The highest BCUT2D eigenvalue weighted by Gasteiger charge is 2.46. The first kappa shape index (κ1) is 21.6. The van der Waals surface area contributed by atoms with E-state index in [9.17, 15) is 22.4 Å². The van der Waals surface area contributed by atoms with Gasteiger partial charge in [-0.25, -0.2) is 14.4 Å². The lowest BCUT2D eigenvalue weighted by Gasteiger charge is -2.36. The maximum absolute atomic E-state index is 14.7. The molecular weight excluding hydrogens is 466 g/mol. The molecule has 2 aliphatic rings. The van der Waals surface area contributed by atoms with Crippen molar-refractivity contribution in [2.45, 2.75) is 38.1 Å². The Morgan fingerprint density at radius 2 is 2.00 bits per heavy atom. The van der Waals surface area contributed by atoms with E-state index in [1.165, 1.54) is 6.07 Å². The first-order chi connectivity index (χ1) is 16.6. The van der Waals surface area contributed by atoms with Gasteiger partial charge in [0.15, 0.2) is 11.6 Å². The molecule has 0 aliphatic carbocycles. The number of nitrogens with zero attached hydrogens (tertiary/aromatic N) is 4. The van der Waals surface area contributed by atoms with Crippen LogP contribution in [0.4, 0.5) is 23.4 Å². The molecule has 1 saturated heterocycles. The average Bonchev–Trinajstić information content (AvgIpc) is 3.40. The number of imidazole rings is 1. The topological polar surface area (TPSA) is 85.8 Å². The van der Waals surface area contributed by atoms with Crippen LogP contribution in [0, 0.1) is 12.7 Å². The number of alkyl halides is 3. The van der Waals surface area contributed by atoms with Crippen molar-refractivity contribution in [2.24, 2.45) is 0 Å². The van der Waals surface area contributed by atoms with E-state index in [0.29, 0.717) is 59.2 Å². The van der Waals surface area contributed by atoms with Gasteiger partial charge in [-0.2, -0.15) is 13.2 Å². The first-order valence-corrected chi connectivity index (χ1v) is 11.1. The van der Waals surface area contributed by atoms with Gasteiger partial charge < -0.3 is 15.4 Å². The fourth-order valence-corrected chi connectivity index (χ4v) is 5.19. The number of nitrogens with two attached hydrogens (primary N) is 1. The van der Waals surface area contributed by atoms with Gasteiger partial charge in [-0.15, -0.1) is 0 Å². The van der Waals surface area contributed by atoms with Gasteiger partial charge in [0.25, 0.3) is 5.91 Å². The fourth-order valence-electron chi connectivity index (χ4n) is 5.19. The molecule has 1 amide bonds. The van der Waals surface area contributed by atoms with E-state index >= 15 is 0 Å². The van der Waals surface area contributed by atoms with E-state index in [2.05, 4.69) is 9.97 Å². The van der Waals surface area contributed by atoms with Crippen LogP contribution in [0.2, 0.25) is 0 Å². The van der Waals surface area contributed by atoms with Crippen LogP contribution in [-0.4, -0.2) is 37.8 Å². The summed E-state index contributed by atoms with van der Waals surface area (Å²) in [6.45, 7) is 2.18. The number of carbonyl (C=O) groups excluding carboxylic acids is 1. The minimum absolute atomic E-state index is 0.247. The predicted octanol–water partition coefficient (Wildman–Crippen LogP) is 4.67. The normalized spacial score (nSPS) is 19.6. The predicted molar refractivity (Wildman–Crippen MR) is 118 cm³/mol. The summed E-state index contributed by atoms with van der Waals surface area (Å²) in [5, 5.41) is 0. The van der Waals surface area contributed by atoms with Crippen LogP contribution in [0.15, 0.2) is 36.5 Å². The molecule has 180 valence electrons. The molecule has 2 unspecified atom stereocenters. The second-order valence-electron chi connectivity index (χ2n) is 8.81. The number of ether oxygens (including phenoxy) is 1. The average molecular weight is 485 g/mol. The van der Waals surface area contributed by atoms with Crippen molar-refractivity contribution in [1.29, 1.82) is 0 Å². The molecule has 6 rings (SSSR count). The molecule has 2 N–H and O–H groups in total. The summed E-state index contributed by atoms with van der Waals surface area (Å²) in [6, 6.07) is 6.25. The number of anilines is 1. The molecular formula is C24H19F4N5O2. The zero-order valence-corrected chi connectivity index (χ0v) is 18.4. The van der Waals surface area contributed by atoms with Crippen LogP contribution in [0.3, 0.4) is 0 Å². The van der Waals surface area contributed by atoms with Gasteiger partial charge in [0.2, 0.25) is 0 Å². The highest BCUT2D eigenvalue weighted by atomic mass is 19.4. The summed E-state index contributed by atoms with van der Waals surface area (Å²) < 4.78 is 61.8. The summed E-state index contributed by atoms with van der Waals surface area (Å²) in [6.07, 6.45) is -2.78. The standard InChI is InChI=1S/C24H19F4N5O2/c1-11-30-10-17-22(29)31-15-7-4-12(9-16(15)33(11)17)23(34)32-8-2-3-18-20(32)13-5-6-14(24(26,27)28)19(25)21(13)35-18/h4-7,9-10,18,20H,2-3,8H2,1H3,(H2,29,31). The zero-order valence-electron chi connectivity index (χ0n) is 18.4. The molecule has 2 atom stereocenters. The maximum atomic E-state index is 14.7. The fraction of sp³-hybridized carbons (Fsp3) is 0.292. The number of carbonyl (C=O) groups is 1. The van der Waals surface area contributed by atoms with Crippen molar-refractivity contribution < 1.29 is 27.1 Å². The Morgan fingerprint density at radius 3 is 2.77 bits per heavy atom. The SMILES string of the molecule is Cc1ncc2c(N)nc3ccc(C(=O)N4CCCC5Oc6c(ccc(C(F)(F)F)c6F)C54)cc3n12. The summed E-state index contributed by atoms with van der Waals surface area (Å²) in [5.74, 6) is -1.21. The number of rotatable bonds is 1. The zero-order chi connectivity index (χ0) is 24.6. The van der Waals surface area contributed by atoms with E-state index in [4.69, 9.17) is 10.5 Å². The number of likely N-dealkylation sites (tertiary alicyclic amines) is 1. The van der Waals surface area contributed by atoms with Crippen molar-refractivity contribution in [3.05, 3.63) is 64.9 Å². The van der Waals surface area contributed by atoms with Crippen molar-refractivity contribution in [3.63, 3.8) is 0 Å². The van der Waals surface area contributed by atoms with Crippen molar-refractivity contribution in [3.8, 4) is 5.75 Å². The second kappa shape index (κ2) is 7.30. The Labute approximate surface area is 196 Å². The number of piperidine rings is 1. The lowest BCUT2D eigenvalue weighted by atomic mass is 9.93. The third kappa shape index (κ3) is 3.14. The van der Waals surface area contributed by atoms with E-state index in [1.807, 2.05) is 11.3 Å². The largest absolute Gasteiger partial charge is 0.484 e. The molecule has 7 nitrogen and oxygen atoms in total. The maximum Gasteiger partial charge on any atom is 0.419 e. The van der Waals surface area contributed by atoms with E-state index in [-0.39, 0.29) is 11.5 Å². The molecule has 4 heterocycles. The van der Waals surface area contributed by atoms with Crippen LogP contribution in [0.25, 0.3) is 16.6 Å². The molecule has 0 saturated carbocycles. The third-order valence-corrected chi connectivity index (χ3v) is 6.76. The van der Waals surface area contributed by atoms with Gasteiger partial charge in [0.05, 0.1) is 28.8 Å². The molecule has 0 radical (unpaired) electrons. The number of amides is 1. The Kier molecular flexibility index (Phi) is 4.51. The lowest BCUT2D eigenvalue weighted by Crippen LogP contribution is -2.44. The molecule has 2 aliphatic heterocycles. The lowest BCUT2D eigenvalue weighted by molar-refractivity contribution is -0.140. The minimum atomic E-state index is -4.84. The van der Waals surface area contributed by atoms with Crippen LogP contribution in [-0.2, 0) is 6.18 Å². The number of aryl methyl sites for hydroxylation is 1. The number of benzene rings is 2. The van der Waals surface area contributed by atoms with E-state index in [0.717, 1.165) is 0 Å². The summed E-state index contributed by atoms with van der Waals surface area (Å²) in [4.78, 5) is 23.9. The molecule has 0 spiro atoms. The number of aromatic nitrogens is 3. The summed E-state index contributed by atoms with van der Waals surface area (Å²) in [5.41, 5.74) is 7.12. The Balaban J connectivity index is 1.43. The molecule has 1 fully saturated rings. The smallest absolute Gasteiger partial charge is 0.419 e. The van der Waals surface area contributed by atoms with Gasteiger partial charge in [-0.1, -0.05) is 6.07 Å². The van der Waals surface area contributed by atoms with Crippen LogP contribution >= 0.6 is 0 Å². The van der Waals surface area contributed by atoms with Crippen molar-refractivity contribution >= 4 is 28.3 Å². The first-order valence-electron chi connectivity index (χ1n) is 11.1. The van der Waals surface area contributed by atoms with Gasteiger partial charge in [0, 0.05) is 17.7 Å². The summed E-state index contributed by atoms with van der Waals surface area (Å²) in [7, 11) is 0. The van der Waals surface area contributed by atoms with Gasteiger partial charge >= 0.3 is 6.18 Å². The number of hydrogen-bond acceptors (Lipinski definition) is 5. The molecule has 11 heteroatoms. The molecule has 2 aromatic heterocycles. The van der Waals surface area contributed by atoms with Crippen molar-refractivity contribution in [2.75, 3.05) is 12.3 Å². The van der Waals surface area contributed by atoms with Gasteiger partial charge in [-0.05, 0) is 44.0 Å². The quantitative estimate of drug-likeness (QED) is 0.396. The van der Waals surface area contributed by atoms with Gasteiger partial charge in [-0.3, -0.25) is 9.20 Å². The van der Waals surface area contributed by atoms with Crippen molar-refractivity contribution in [1.82, 2.24) is 19.3 Å². The molecule has 2 aromatic carbocycles. The van der Waals surface area contributed by atoms with E-state index in [1.54, 1.807) is 29.3 Å². The third-order valence-electron chi connectivity index (χ3n) is 6.76. The number of nitrogen functional groups attached to an aromatic ring is 1. The number of fused-ring (bicyclic) bond motifs is 6. The molecule has 0 bridgehead atoms. The molecule has 35 heavy (non-hydrogen) atoms. The summed E-state index contributed by atoms with van der Waals surface area (Å²) >= 11 is 0. The monoisotopic (exact) mass is 485 g/mol. The number of hydrogen-bond donors (Lipinski definition) is 1. The Hall–Kier alpha value is -3.89. The van der Waals surface area contributed by atoms with Crippen LogP contribution in [0.5, 0.6) is 5.75 Å². The number of halogens is 4. The van der Waals surface area contributed by atoms with Gasteiger partial charge in [0.1, 0.15) is 23.3 Å². The van der Waals surface area contributed by atoms with Crippen LogP contribution in [0.1, 0.15) is 46.2 Å². The van der Waals surface area contributed by atoms with E-state index < -0.39 is 35.5 Å². The highest BCUT2D eigenvalue weighted by Crippen LogP contribution is 2.48. The van der Waals surface area contributed by atoms with Crippen LogP contribution < -0.4 is 10.5 Å². The Bertz CT molecular complexity index is 1530. The highest BCUT2D eigenvalue weighted by molar-refractivity contribution is 5.98. The molecule has 4 aromatic rings. The Morgan fingerprint density at radius 1 is 1.20 bits per heavy atom.